The summed E-state index contributed by atoms with van der Waals surface area (Å²) in [6.45, 7) is 7.45. The highest BCUT2D eigenvalue weighted by Gasteiger charge is 2.46. The van der Waals surface area contributed by atoms with Gasteiger partial charge in [0.15, 0.2) is 6.61 Å². The van der Waals surface area contributed by atoms with Gasteiger partial charge < -0.3 is 19.1 Å². The maximum absolute atomic E-state index is 13.0. The number of allylic oxidation sites excluding steroid dienone is 1. The Labute approximate surface area is 176 Å². The van der Waals surface area contributed by atoms with Crippen LogP contribution in [0.1, 0.15) is 47.0 Å². The Morgan fingerprint density at radius 3 is 2.10 bits per heavy atom. The van der Waals surface area contributed by atoms with Gasteiger partial charge in [-0.15, -0.1) is 0 Å². The zero-order valence-corrected chi connectivity index (χ0v) is 18.1. The highest BCUT2D eigenvalue weighted by molar-refractivity contribution is 6.10. The van der Waals surface area contributed by atoms with E-state index in [9.17, 15) is 19.2 Å². The van der Waals surface area contributed by atoms with Crippen molar-refractivity contribution in [2.45, 2.75) is 47.0 Å². The van der Waals surface area contributed by atoms with E-state index in [1.165, 1.54) is 0 Å². The number of ether oxygens (including phenoxy) is 3. The standard InChI is InChI=1S/C21H30N2O7/c1-5-28-19(25)16-13(3)22-14(4)17(20(26)29-6-2)18(16)21(27)30-12-15(24)23-10-8-7-9-11-23/h16,18H,5-12H2,1-4H3/t16?,18-/m1/s1. The Balaban J connectivity index is 2.26. The van der Waals surface area contributed by atoms with Crippen LogP contribution in [0.4, 0.5) is 0 Å². The first-order valence-corrected chi connectivity index (χ1v) is 10.4. The molecule has 2 aliphatic heterocycles. The molecule has 1 fully saturated rings. The SMILES string of the molecule is CCOC(=O)C1=C(C)N=C(C)C(C(=O)OCC)[C@H]1C(=O)OCC(=O)N1CCCCC1. The third-order valence-electron chi connectivity index (χ3n) is 5.16. The highest BCUT2D eigenvalue weighted by Crippen LogP contribution is 2.33. The second kappa shape index (κ2) is 10.9. The van der Waals surface area contributed by atoms with Crippen molar-refractivity contribution < 1.29 is 33.4 Å². The van der Waals surface area contributed by atoms with Crippen molar-refractivity contribution in [1.82, 2.24) is 4.90 Å². The molecule has 166 valence electrons. The van der Waals surface area contributed by atoms with Crippen LogP contribution in [0.2, 0.25) is 0 Å². The molecule has 2 aliphatic rings. The summed E-state index contributed by atoms with van der Waals surface area (Å²) in [4.78, 5) is 56.5. The molecular formula is C21H30N2O7. The van der Waals surface area contributed by atoms with Crippen LogP contribution in [-0.2, 0) is 33.4 Å². The number of carbonyl (C=O) groups excluding carboxylic acids is 4. The number of carbonyl (C=O) groups is 4. The van der Waals surface area contributed by atoms with E-state index in [1.54, 1.807) is 32.6 Å². The van der Waals surface area contributed by atoms with Crippen molar-refractivity contribution in [1.29, 1.82) is 0 Å². The van der Waals surface area contributed by atoms with Gasteiger partial charge in [-0.1, -0.05) is 0 Å². The largest absolute Gasteiger partial charge is 0.465 e. The molecular weight excluding hydrogens is 392 g/mol. The summed E-state index contributed by atoms with van der Waals surface area (Å²) in [7, 11) is 0. The molecule has 1 saturated heterocycles. The Bertz CT molecular complexity index is 750. The molecule has 9 heteroatoms. The summed E-state index contributed by atoms with van der Waals surface area (Å²) < 4.78 is 15.4. The van der Waals surface area contributed by atoms with E-state index in [0.29, 0.717) is 18.8 Å². The van der Waals surface area contributed by atoms with Crippen LogP contribution in [0.3, 0.4) is 0 Å². The van der Waals surface area contributed by atoms with Crippen LogP contribution in [0.25, 0.3) is 0 Å². The number of rotatable bonds is 7. The molecule has 1 amide bonds. The first-order chi connectivity index (χ1) is 14.3. The maximum atomic E-state index is 13.0. The molecule has 0 aromatic carbocycles. The molecule has 0 saturated carbocycles. The normalized spacial score (nSPS) is 21.6. The molecule has 0 N–H and O–H groups in total. The summed E-state index contributed by atoms with van der Waals surface area (Å²) in [5, 5.41) is 0. The number of nitrogens with zero attached hydrogens (tertiary/aromatic N) is 2. The molecule has 0 bridgehead atoms. The first-order valence-electron chi connectivity index (χ1n) is 10.4. The first kappa shape index (κ1) is 23.6. The van der Waals surface area contributed by atoms with Crippen molar-refractivity contribution in [3.05, 3.63) is 11.3 Å². The van der Waals surface area contributed by atoms with Crippen molar-refractivity contribution in [2.24, 2.45) is 16.8 Å². The minimum atomic E-state index is -1.28. The molecule has 2 heterocycles. The van der Waals surface area contributed by atoms with Gasteiger partial charge in [0, 0.05) is 24.5 Å². The van der Waals surface area contributed by atoms with Crippen molar-refractivity contribution >= 4 is 29.5 Å². The average Bonchev–Trinajstić information content (AvgIpc) is 2.72. The lowest BCUT2D eigenvalue weighted by atomic mass is 9.79. The Morgan fingerprint density at radius 1 is 0.900 bits per heavy atom. The van der Waals surface area contributed by atoms with Gasteiger partial charge in [0.05, 0.1) is 18.8 Å². The van der Waals surface area contributed by atoms with Crippen LogP contribution in [0, 0.1) is 11.8 Å². The summed E-state index contributed by atoms with van der Waals surface area (Å²) in [6, 6.07) is 0. The quantitative estimate of drug-likeness (QED) is 0.453. The fraction of sp³-hybridized carbons (Fsp3) is 0.667. The molecule has 1 unspecified atom stereocenters. The third kappa shape index (κ3) is 5.46. The molecule has 0 aromatic rings. The Kier molecular flexibility index (Phi) is 8.56. The van der Waals surface area contributed by atoms with E-state index < -0.39 is 36.4 Å². The van der Waals surface area contributed by atoms with Crippen LogP contribution in [0.5, 0.6) is 0 Å². The van der Waals surface area contributed by atoms with Crippen molar-refractivity contribution in [3.63, 3.8) is 0 Å². The summed E-state index contributed by atoms with van der Waals surface area (Å²) in [5.74, 6) is -4.98. The number of esters is 3. The van der Waals surface area contributed by atoms with E-state index in [0.717, 1.165) is 19.3 Å². The summed E-state index contributed by atoms with van der Waals surface area (Å²) in [5.41, 5.74) is 0.565. The Morgan fingerprint density at radius 2 is 1.50 bits per heavy atom. The molecule has 2 rings (SSSR count). The fourth-order valence-electron chi connectivity index (χ4n) is 3.76. The lowest BCUT2D eigenvalue weighted by Crippen LogP contribution is -2.44. The zero-order valence-electron chi connectivity index (χ0n) is 18.1. The lowest BCUT2D eigenvalue weighted by Gasteiger charge is -2.30. The highest BCUT2D eigenvalue weighted by atomic mass is 16.5. The second-order valence-electron chi connectivity index (χ2n) is 7.23. The molecule has 0 aromatic heterocycles. The maximum Gasteiger partial charge on any atom is 0.336 e. The molecule has 9 nitrogen and oxygen atoms in total. The van der Waals surface area contributed by atoms with E-state index >= 15 is 0 Å². The molecule has 0 aliphatic carbocycles. The minimum Gasteiger partial charge on any atom is -0.465 e. The van der Waals surface area contributed by atoms with Gasteiger partial charge >= 0.3 is 17.9 Å². The van der Waals surface area contributed by atoms with Crippen molar-refractivity contribution in [2.75, 3.05) is 32.9 Å². The van der Waals surface area contributed by atoms with Gasteiger partial charge in [-0.05, 0) is 47.0 Å². The monoisotopic (exact) mass is 422 g/mol. The van der Waals surface area contributed by atoms with Gasteiger partial charge in [-0.3, -0.25) is 19.4 Å². The number of hydrogen-bond donors (Lipinski definition) is 0. The number of likely N-dealkylation sites (tertiary alicyclic amines) is 1. The van der Waals surface area contributed by atoms with E-state index in [-0.39, 0.29) is 30.4 Å². The van der Waals surface area contributed by atoms with Gasteiger partial charge in [0.25, 0.3) is 5.91 Å². The number of aliphatic imine (C=N–C) groups is 1. The fourth-order valence-corrected chi connectivity index (χ4v) is 3.76. The molecule has 0 radical (unpaired) electrons. The van der Waals surface area contributed by atoms with Crippen LogP contribution < -0.4 is 0 Å². The topological polar surface area (TPSA) is 112 Å². The van der Waals surface area contributed by atoms with E-state index in [2.05, 4.69) is 4.99 Å². The third-order valence-corrected chi connectivity index (χ3v) is 5.16. The molecule has 2 atom stereocenters. The molecule has 0 spiro atoms. The Hall–Kier alpha value is -2.71. The van der Waals surface area contributed by atoms with E-state index in [1.807, 2.05) is 0 Å². The van der Waals surface area contributed by atoms with Gasteiger partial charge in [-0.2, -0.15) is 0 Å². The molecule has 30 heavy (non-hydrogen) atoms. The average molecular weight is 422 g/mol. The smallest absolute Gasteiger partial charge is 0.336 e. The second-order valence-corrected chi connectivity index (χ2v) is 7.23. The van der Waals surface area contributed by atoms with Gasteiger partial charge in [0.1, 0.15) is 11.8 Å². The minimum absolute atomic E-state index is 0.0454. The van der Waals surface area contributed by atoms with Gasteiger partial charge in [0.2, 0.25) is 0 Å². The lowest BCUT2D eigenvalue weighted by molar-refractivity contribution is -0.161. The number of amides is 1. The van der Waals surface area contributed by atoms with Crippen LogP contribution in [-0.4, -0.2) is 67.3 Å². The van der Waals surface area contributed by atoms with Crippen LogP contribution >= 0.6 is 0 Å². The zero-order chi connectivity index (χ0) is 22.3. The van der Waals surface area contributed by atoms with E-state index in [4.69, 9.17) is 14.2 Å². The van der Waals surface area contributed by atoms with Crippen molar-refractivity contribution in [3.8, 4) is 0 Å². The summed E-state index contributed by atoms with van der Waals surface area (Å²) >= 11 is 0. The number of hydrogen-bond acceptors (Lipinski definition) is 8. The summed E-state index contributed by atoms with van der Waals surface area (Å²) in [6.07, 6.45) is 2.90. The van der Waals surface area contributed by atoms with Gasteiger partial charge in [-0.25, -0.2) is 4.79 Å². The predicted octanol–water partition coefficient (Wildman–Crippen LogP) is 1.65. The number of piperidine rings is 1. The predicted molar refractivity (Wildman–Crippen MR) is 107 cm³/mol. The van der Waals surface area contributed by atoms with Crippen LogP contribution in [0.15, 0.2) is 16.3 Å².